The van der Waals surface area contributed by atoms with Gasteiger partial charge in [0.05, 0.1) is 12.1 Å². The zero-order chi connectivity index (χ0) is 18.9. The Kier molecular flexibility index (Phi) is 6.10. The van der Waals surface area contributed by atoms with Crippen molar-refractivity contribution in [3.8, 4) is 0 Å². The van der Waals surface area contributed by atoms with Crippen LogP contribution in [0.1, 0.15) is 54.4 Å². The zero-order valence-corrected chi connectivity index (χ0v) is 17.4. The van der Waals surface area contributed by atoms with E-state index in [0.29, 0.717) is 6.42 Å². The smallest absolute Gasteiger partial charge is 0.417 e. The van der Waals surface area contributed by atoms with Gasteiger partial charge in [-0.2, -0.15) is 0 Å². The van der Waals surface area contributed by atoms with Crippen molar-refractivity contribution in [3.05, 3.63) is 12.7 Å². The Bertz CT molecular complexity index is 502. The first-order chi connectivity index (χ1) is 10.7. The number of hydrogen-bond donors (Lipinski definition) is 0. The van der Waals surface area contributed by atoms with E-state index in [2.05, 4.69) is 40.4 Å². The summed E-state index contributed by atoms with van der Waals surface area (Å²) in [6, 6.07) is -0.491. The molecule has 0 radical (unpaired) electrons. The van der Waals surface area contributed by atoms with Crippen LogP contribution in [-0.4, -0.2) is 43.0 Å². The summed E-state index contributed by atoms with van der Waals surface area (Å²) in [5.41, 5.74) is -0.656. The number of likely N-dealkylation sites (tertiary alicyclic amines) is 1. The van der Waals surface area contributed by atoms with Crippen LogP contribution >= 0.6 is 0 Å². The fourth-order valence-electron chi connectivity index (χ4n) is 2.37. The number of amides is 2. The lowest BCUT2D eigenvalue weighted by Gasteiger charge is -2.45. The largest absolute Gasteiger partial charge is 0.443 e. The molecule has 0 bridgehead atoms. The van der Waals surface area contributed by atoms with Crippen LogP contribution in [0.15, 0.2) is 12.7 Å². The lowest BCUT2D eigenvalue weighted by atomic mass is 9.99. The van der Waals surface area contributed by atoms with Crippen LogP contribution in [0.25, 0.3) is 0 Å². The summed E-state index contributed by atoms with van der Waals surface area (Å²) in [6.45, 7) is 20.0. The minimum Gasteiger partial charge on any atom is -0.443 e. The van der Waals surface area contributed by atoms with Crippen molar-refractivity contribution in [2.75, 3.05) is 0 Å². The highest BCUT2D eigenvalue weighted by molar-refractivity contribution is 6.74. The van der Waals surface area contributed by atoms with Gasteiger partial charge in [0.2, 0.25) is 5.91 Å². The fraction of sp³-hybridized carbons (Fsp3) is 0.778. The van der Waals surface area contributed by atoms with Gasteiger partial charge in [0.1, 0.15) is 5.60 Å². The lowest BCUT2D eigenvalue weighted by Crippen LogP contribution is -2.58. The van der Waals surface area contributed by atoms with E-state index in [9.17, 15) is 9.59 Å². The van der Waals surface area contributed by atoms with Crippen molar-refractivity contribution in [3.63, 3.8) is 0 Å². The predicted octanol–water partition coefficient (Wildman–Crippen LogP) is 4.49. The number of hydrogen-bond acceptors (Lipinski definition) is 4. The van der Waals surface area contributed by atoms with Crippen LogP contribution in [-0.2, 0) is 14.0 Å². The first-order valence-corrected chi connectivity index (χ1v) is 11.5. The number of piperidine rings is 1. The Morgan fingerprint density at radius 3 is 2.21 bits per heavy atom. The van der Waals surface area contributed by atoms with Gasteiger partial charge in [0, 0.05) is 6.42 Å². The molecule has 1 aliphatic rings. The topological polar surface area (TPSA) is 55.8 Å². The Hall–Kier alpha value is -1.14. The number of carbonyl (C=O) groups is 2. The minimum atomic E-state index is -2.02. The van der Waals surface area contributed by atoms with Crippen molar-refractivity contribution in [2.45, 2.75) is 90.3 Å². The first kappa shape index (κ1) is 20.9. The molecule has 0 spiro atoms. The molecule has 0 aromatic heterocycles. The highest BCUT2D eigenvalue weighted by Crippen LogP contribution is 2.39. The molecule has 1 rings (SSSR count). The molecule has 0 N–H and O–H groups in total. The molecule has 5 nitrogen and oxygen atoms in total. The average molecular weight is 356 g/mol. The van der Waals surface area contributed by atoms with Crippen LogP contribution < -0.4 is 0 Å². The van der Waals surface area contributed by atoms with Gasteiger partial charge in [0.15, 0.2) is 8.32 Å². The fourth-order valence-corrected chi connectivity index (χ4v) is 3.73. The van der Waals surface area contributed by atoms with Crippen molar-refractivity contribution in [2.24, 2.45) is 0 Å². The molecule has 2 amide bonds. The van der Waals surface area contributed by atoms with Gasteiger partial charge in [-0.05, 0) is 45.3 Å². The second kappa shape index (κ2) is 7.00. The van der Waals surface area contributed by atoms with Crippen LogP contribution in [0.4, 0.5) is 4.79 Å². The zero-order valence-electron chi connectivity index (χ0n) is 16.4. The molecule has 0 aromatic rings. The van der Waals surface area contributed by atoms with E-state index in [1.165, 1.54) is 4.90 Å². The molecular weight excluding hydrogens is 322 g/mol. The van der Waals surface area contributed by atoms with Crippen molar-refractivity contribution in [1.82, 2.24) is 4.90 Å². The third-order valence-corrected chi connectivity index (χ3v) is 9.18. The number of ether oxygens (including phenoxy) is 1. The molecule has 138 valence electrons. The SMILES string of the molecule is C=C[C@@H]1[C@@H](O[Si](C)(C)C(C)(C)C)CCC(=O)N1C(=O)OC(C)(C)C. The van der Waals surface area contributed by atoms with Gasteiger partial charge >= 0.3 is 6.09 Å². The molecule has 1 fully saturated rings. The van der Waals surface area contributed by atoms with Crippen molar-refractivity contribution < 1.29 is 18.8 Å². The van der Waals surface area contributed by atoms with Crippen molar-refractivity contribution in [1.29, 1.82) is 0 Å². The Balaban J connectivity index is 3.04. The summed E-state index contributed by atoms with van der Waals surface area (Å²) in [5.74, 6) is -0.232. The third-order valence-electron chi connectivity index (χ3n) is 4.67. The number of rotatable bonds is 3. The van der Waals surface area contributed by atoms with Crippen LogP contribution in [0.3, 0.4) is 0 Å². The van der Waals surface area contributed by atoms with Gasteiger partial charge in [-0.25, -0.2) is 9.69 Å². The second-order valence-corrected chi connectivity index (χ2v) is 13.7. The van der Waals surface area contributed by atoms with Gasteiger partial charge in [-0.3, -0.25) is 4.79 Å². The Labute approximate surface area is 147 Å². The van der Waals surface area contributed by atoms with Gasteiger partial charge < -0.3 is 9.16 Å². The maximum Gasteiger partial charge on any atom is 0.417 e. The molecule has 1 heterocycles. The van der Waals surface area contributed by atoms with Crippen molar-refractivity contribution >= 4 is 20.3 Å². The molecule has 2 atom stereocenters. The monoisotopic (exact) mass is 355 g/mol. The summed E-state index contributed by atoms with van der Waals surface area (Å²) in [4.78, 5) is 26.0. The molecular formula is C18H33NO4Si. The second-order valence-electron chi connectivity index (χ2n) is 8.93. The van der Waals surface area contributed by atoms with E-state index in [4.69, 9.17) is 9.16 Å². The van der Waals surface area contributed by atoms with Crippen LogP contribution in [0.5, 0.6) is 0 Å². The summed E-state index contributed by atoms with van der Waals surface area (Å²) < 4.78 is 11.9. The average Bonchev–Trinajstić information content (AvgIpc) is 2.36. The molecule has 6 heteroatoms. The lowest BCUT2D eigenvalue weighted by molar-refractivity contribution is -0.137. The van der Waals surface area contributed by atoms with E-state index >= 15 is 0 Å². The summed E-state index contributed by atoms with van der Waals surface area (Å²) in [6.07, 6.45) is 1.65. The predicted molar refractivity (Wildman–Crippen MR) is 98.4 cm³/mol. The highest BCUT2D eigenvalue weighted by atomic mass is 28.4. The molecule has 0 aromatic carbocycles. The number of carbonyl (C=O) groups excluding carboxylic acids is 2. The van der Waals surface area contributed by atoms with Crippen LogP contribution in [0.2, 0.25) is 18.1 Å². The molecule has 1 saturated heterocycles. The van der Waals surface area contributed by atoms with E-state index in [1.807, 2.05) is 0 Å². The maximum absolute atomic E-state index is 12.5. The summed E-state index contributed by atoms with van der Waals surface area (Å²) in [5, 5.41) is 0.0525. The molecule has 0 saturated carbocycles. The molecule has 1 aliphatic heterocycles. The minimum absolute atomic E-state index is 0.0525. The highest BCUT2D eigenvalue weighted by Gasteiger charge is 2.45. The quantitative estimate of drug-likeness (QED) is 0.553. The number of nitrogens with zero attached hydrogens (tertiary/aromatic N) is 1. The molecule has 0 aliphatic carbocycles. The normalized spacial score (nSPS) is 23.2. The standard InChI is InChI=1S/C18H33NO4Si/c1-10-13-14(23-24(8,9)18(5,6)7)11-12-15(20)19(13)16(21)22-17(2,3)4/h10,13-14H,1,11-12H2,2-9H3/t13-,14+/m1/s1. The van der Waals surface area contributed by atoms with E-state index in [0.717, 1.165) is 0 Å². The van der Waals surface area contributed by atoms with Crippen LogP contribution in [0, 0.1) is 0 Å². The molecule has 24 heavy (non-hydrogen) atoms. The summed E-state index contributed by atoms with van der Waals surface area (Å²) in [7, 11) is -2.02. The van der Waals surface area contributed by atoms with Gasteiger partial charge in [-0.15, -0.1) is 6.58 Å². The third kappa shape index (κ3) is 4.93. The first-order valence-electron chi connectivity index (χ1n) is 8.55. The van der Waals surface area contributed by atoms with E-state index < -0.39 is 26.1 Å². The number of imide groups is 1. The summed E-state index contributed by atoms with van der Waals surface area (Å²) >= 11 is 0. The van der Waals surface area contributed by atoms with E-state index in [-0.39, 0.29) is 23.5 Å². The Morgan fingerprint density at radius 2 is 1.79 bits per heavy atom. The Morgan fingerprint density at radius 1 is 1.25 bits per heavy atom. The maximum atomic E-state index is 12.5. The van der Waals surface area contributed by atoms with E-state index in [1.54, 1.807) is 26.8 Å². The molecule has 0 unspecified atom stereocenters. The van der Waals surface area contributed by atoms with Gasteiger partial charge in [0.25, 0.3) is 0 Å². The van der Waals surface area contributed by atoms with Gasteiger partial charge in [-0.1, -0.05) is 26.8 Å².